The molecule has 1 N–H and O–H groups in total. The summed E-state index contributed by atoms with van der Waals surface area (Å²) in [4.78, 5) is 29.3. The second-order valence-electron chi connectivity index (χ2n) is 10.8. The summed E-state index contributed by atoms with van der Waals surface area (Å²) in [5.41, 5.74) is 3.16. The number of carbonyl (C=O) groups excluding carboxylic acids is 2. The molecule has 1 aliphatic carbocycles. The number of carbonyl (C=O) groups is 2. The van der Waals surface area contributed by atoms with E-state index in [1.54, 1.807) is 9.58 Å². The zero-order chi connectivity index (χ0) is 23.3. The molecule has 0 bridgehead atoms. The summed E-state index contributed by atoms with van der Waals surface area (Å²) in [6.07, 6.45) is 5.50. The van der Waals surface area contributed by atoms with Crippen molar-refractivity contribution in [2.45, 2.75) is 97.2 Å². The SMILES string of the molecule is Cc1ccc(N2C(=O)c3cc(C(C)(C)C)nn3C[C@@]2(C)C(=O)NC2CCCCC2)cc1C. The van der Waals surface area contributed by atoms with E-state index < -0.39 is 5.54 Å². The van der Waals surface area contributed by atoms with Crippen molar-refractivity contribution in [1.82, 2.24) is 15.1 Å². The molecule has 0 saturated heterocycles. The Kier molecular flexibility index (Phi) is 5.68. The number of nitrogens with one attached hydrogen (secondary N) is 1. The highest BCUT2D eigenvalue weighted by atomic mass is 16.2. The standard InChI is InChI=1S/C26H36N4O2/c1-17-12-13-20(14-18(17)2)30-23(31)21-15-22(25(3,4)5)28-29(21)16-26(30,6)24(32)27-19-10-8-7-9-11-19/h12-15,19H,7-11,16H2,1-6H3,(H,27,32)/t26-/m0/s1. The van der Waals surface area contributed by atoms with Crippen LogP contribution in [0.1, 0.15) is 87.1 Å². The van der Waals surface area contributed by atoms with Crippen LogP contribution in [-0.2, 0) is 16.8 Å². The van der Waals surface area contributed by atoms with E-state index >= 15 is 0 Å². The number of anilines is 1. The largest absolute Gasteiger partial charge is 0.351 e. The molecule has 2 aliphatic rings. The van der Waals surface area contributed by atoms with Gasteiger partial charge in [0.2, 0.25) is 5.91 Å². The van der Waals surface area contributed by atoms with Gasteiger partial charge in [0.05, 0.1) is 12.2 Å². The first kappa shape index (κ1) is 22.6. The molecule has 1 fully saturated rings. The number of aromatic nitrogens is 2. The second kappa shape index (κ2) is 8.05. The minimum Gasteiger partial charge on any atom is -0.351 e. The highest BCUT2D eigenvalue weighted by Crippen LogP contribution is 2.35. The van der Waals surface area contributed by atoms with Crippen LogP contribution in [0.2, 0.25) is 0 Å². The highest BCUT2D eigenvalue weighted by Gasteiger charge is 2.49. The van der Waals surface area contributed by atoms with Gasteiger partial charge in [0.25, 0.3) is 5.91 Å². The van der Waals surface area contributed by atoms with E-state index in [9.17, 15) is 9.59 Å². The van der Waals surface area contributed by atoms with Crippen molar-refractivity contribution in [3.05, 3.63) is 46.8 Å². The smallest absolute Gasteiger partial charge is 0.277 e. The molecule has 0 radical (unpaired) electrons. The zero-order valence-electron chi connectivity index (χ0n) is 20.3. The Morgan fingerprint density at radius 2 is 1.78 bits per heavy atom. The molecule has 4 rings (SSSR count). The zero-order valence-corrected chi connectivity index (χ0v) is 20.3. The van der Waals surface area contributed by atoms with Gasteiger partial charge in [-0.2, -0.15) is 5.10 Å². The average molecular weight is 437 g/mol. The number of benzene rings is 1. The van der Waals surface area contributed by atoms with Crippen LogP contribution >= 0.6 is 0 Å². The predicted molar refractivity (Wildman–Crippen MR) is 127 cm³/mol. The second-order valence-corrected chi connectivity index (χ2v) is 10.8. The van der Waals surface area contributed by atoms with E-state index in [1.165, 1.54) is 6.42 Å². The lowest BCUT2D eigenvalue weighted by Crippen LogP contribution is -2.65. The molecule has 1 atom stereocenters. The van der Waals surface area contributed by atoms with Gasteiger partial charge in [-0.05, 0) is 62.9 Å². The third-order valence-corrected chi connectivity index (χ3v) is 7.10. The normalized spacial score (nSPS) is 22.1. The van der Waals surface area contributed by atoms with Crippen LogP contribution in [0.25, 0.3) is 0 Å². The van der Waals surface area contributed by atoms with Gasteiger partial charge in [0.15, 0.2) is 0 Å². The first-order valence-corrected chi connectivity index (χ1v) is 11.8. The molecule has 2 aromatic rings. The molecular weight excluding hydrogens is 400 g/mol. The first-order valence-electron chi connectivity index (χ1n) is 11.8. The molecule has 2 heterocycles. The third-order valence-electron chi connectivity index (χ3n) is 7.10. The number of nitrogens with zero attached hydrogens (tertiary/aromatic N) is 3. The van der Waals surface area contributed by atoms with Crippen LogP contribution in [0.4, 0.5) is 5.69 Å². The summed E-state index contributed by atoms with van der Waals surface area (Å²) in [5.74, 6) is -0.279. The molecule has 1 aromatic heterocycles. The molecule has 0 spiro atoms. The van der Waals surface area contributed by atoms with Crippen LogP contribution in [0, 0.1) is 13.8 Å². The van der Waals surface area contributed by atoms with Crippen LogP contribution < -0.4 is 10.2 Å². The average Bonchev–Trinajstić information content (AvgIpc) is 3.16. The van der Waals surface area contributed by atoms with Gasteiger partial charge in [-0.1, -0.05) is 46.1 Å². The minimum atomic E-state index is -1.07. The Morgan fingerprint density at radius 1 is 1.09 bits per heavy atom. The number of fused-ring (bicyclic) bond motifs is 1. The summed E-state index contributed by atoms with van der Waals surface area (Å²) in [6, 6.07) is 8.03. The van der Waals surface area contributed by atoms with Crippen LogP contribution in [-0.4, -0.2) is 33.2 Å². The number of rotatable bonds is 3. The van der Waals surface area contributed by atoms with E-state index in [-0.39, 0.29) is 23.3 Å². The molecule has 1 aromatic carbocycles. The lowest BCUT2D eigenvalue weighted by atomic mass is 9.90. The summed E-state index contributed by atoms with van der Waals surface area (Å²) in [5, 5.41) is 8.02. The monoisotopic (exact) mass is 436 g/mol. The molecule has 6 nitrogen and oxygen atoms in total. The van der Waals surface area contributed by atoms with E-state index in [0.29, 0.717) is 12.2 Å². The Balaban J connectivity index is 1.78. The maximum atomic E-state index is 13.9. The van der Waals surface area contributed by atoms with Crippen molar-refractivity contribution in [2.75, 3.05) is 4.90 Å². The van der Waals surface area contributed by atoms with Gasteiger partial charge in [0, 0.05) is 17.1 Å². The van der Waals surface area contributed by atoms with E-state index in [0.717, 1.165) is 48.2 Å². The van der Waals surface area contributed by atoms with Crippen LogP contribution in [0.5, 0.6) is 0 Å². The quantitative estimate of drug-likeness (QED) is 0.761. The fourth-order valence-corrected chi connectivity index (χ4v) is 4.81. The molecule has 0 unspecified atom stereocenters. The van der Waals surface area contributed by atoms with Crippen LogP contribution in [0.15, 0.2) is 24.3 Å². The molecule has 172 valence electrons. The maximum absolute atomic E-state index is 13.9. The number of aryl methyl sites for hydroxylation is 2. The Morgan fingerprint density at radius 3 is 2.41 bits per heavy atom. The van der Waals surface area contributed by atoms with Crippen LogP contribution in [0.3, 0.4) is 0 Å². The van der Waals surface area contributed by atoms with Crippen molar-refractivity contribution in [3.63, 3.8) is 0 Å². The molecule has 1 aliphatic heterocycles. The maximum Gasteiger partial charge on any atom is 0.277 e. The fourth-order valence-electron chi connectivity index (χ4n) is 4.81. The van der Waals surface area contributed by atoms with Gasteiger partial charge in [-0.3, -0.25) is 19.2 Å². The van der Waals surface area contributed by atoms with Crippen molar-refractivity contribution >= 4 is 17.5 Å². The van der Waals surface area contributed by atoms with E-state index in [1.807, 2.05) is 38.1 Å². The molecular formula is C26H36N4O2. The third kappa shape index (κ3) is 3.96. The summed E-state index contributed by atoms with van der Waals surface area (Å²) in [7, 11) is 0. The molecule has 32 heavy (non-hydrogen) atoms. The molecule has 6 heteroatoms. The van der Waals surface area contributed by atoms with Gasteiger partial charge in [-0.15, -0.1) is 0 Å². The van der Waals surface area contributed by atoms with E-state index in [2.05, 4.69) is 33.0 Å². The Hall–Kier alpha value is -2.63. The fraction of sp³-hybridized carbons (Fsp3) is 0.577. The molecule has 1 saturated carbocycles. The Bertz CT molecular complexity index is 1040. The number of hydrogen-bond acceptors (Lipinski definition) is 3. The van der Waals surface area contributed by atoms with Crippen molar-refractivity contribution in [1.29, 1.82) is 0 Å². The van der Waals surface area contributed by atoms with Gasteiger partial charge < -0.3 is 5.32 Å². The van der Waals surface area contributed by atoms with Crippen molar-refractivity contribution in [3.8, 4) is 0 Å². The first-order chi connectivity index (χ1) is 15.0. The lowest BCUT2D eigenvalue weighted by molar-refractivity contribution is -0.127. The van der Waals surface area contributed by atoms with Gasteiger partial charge in [0.1, 0.15) is 11.2 Å². The van der Waals surface area contributed by atoms with E-state index in [4.69, 9.17) is 5.10 Å². The molecule has 2 amide bonds. The van der Waals surface area contributed by atoms with Gasteiger partial charge in [-0.25, -0.2) is 0 Å². The summed E-state index contributed by atoms with van der Waals surface area (Å²) in [6.45, 7) is 12.5. The Labute approximate surface area is 191 Å². The highest BCUT2D eigenvalue weighted by molar-refractivity contribution is 6.12. The van der Waals surface area contributed by atoms with Crippen molar-refractivity contribution < 1.29 is 9.59 Å². The summed E-state index contributed by atoms with van der Waals surface area (Å²) < 4.78 is 1.74. The summed E-state index contributed by atoms with van der Waals surface area (Å²) >= 11 is 0. The predicted octanol–water partition coefficient (Wildman–Crippen LogP) is 4.67. The number of amides is 2. The van der Waals surface area contributed by atoms with Crippen molar-refractivity contribution in [2.24, 2.45) is 0 Å². The van der Waals surface area contributed by atoms with Gasteiger partial charge >= 0.3 is 0 Å². The lowest BCUT2D eigenvalue weighted by Gasteiger charge is -2.44. The minimum absolute atomic E-state index is 0.102. The number of hydrogen-bond donors (Lipinski definition) is 1. The topological polar surface area (TPSA) is 67.2 Å².